The molecule has 4 aromatic rings. The van der Waals surface area contributed by atoms with Gasteiger partial charge in [0.25, 0.3) is 0 Å². The van der Waals surface area contributed by atoms with Crippen LogP contribution >= 0.6 is 23.4 Å². The maximum absolute atomic E-state index is 6.32. The van der Waals surface area contributed by atoms with E-state index in [1.54, 1.807) is 11.8 Å². The summed E-state index contributed by atoms with van der Waals surface area (Å²) in [6, 6.07) is 26.7. The van der Waals surface area contributed by atoms with E-state index >= 15 is 0 Å². The molecule has 5 heteroatoms. The molecule has 0 fully saturated rings. The quantitative estimate of drug-likeness (QED) is 0.362. The average Bonchev–Trinajstić information content (AvgIpc) is 3.10. The lowest BCUT2D eigenvalue weighted by Crippen LogP contribution is -2.04. The predicted octanol–water partition coefficient (Wildman–Crippen LogP) is 6.11. The molecule has 28 heavy (non-hydrogen) atoms. The molecule has 3 nitrogen and oxygen atoms in total. The second kappa shape index (κ2) is 8.63. The van der Waals surface area contributed by atoms with E-state index in [0.717, 1.165) is 39.4 Å². The molecule has 0 unspecified atom stereocenters. The molecule has 3 aromatic carbocycles. The Kier molecular flexibility index (Phi) is 5.79. The number of hydrogen-bond donors (Lipinski definition) is 0. The zero-order chi connectivity index (χ0) is 19.3. The smallest absolute Gasteiger partial charge is 0.196 e. The van der Waals surface area contributed by atoms with E-state index in [2.05, 4.69) is 70.2 Å². The molecular weight excluding hydrogens is 386 g/mol. The number of rotatable bonds is 6. The van der Waals surface area contributed by atoms with Crippen molar-refractivity contribution in [3.63, 3.8) is 0 Å². The summed E-state index contributed by atoms with van der Waals surface area (Å²) in [5.41, 5.74) is 4.60. The molecule has 0 spiro atoms. The van der Waals surface area contributed by atoms with Gasteiger partial charge in [0, 0.05) is 22.9 Å². The van der Waals surface area contributed by atoms with Gasteiger partial charge in [-0.15, -0.1) is 10.2 Å². The monoisotopic (exact) mass is 405 g/mol. The molecule has 140 valence electrons. The third-order valence-electron chi connectivity index (χ3n) is 4.48. The number of benzene rings is 3. The van der Waals surface area contributed by atoms with Crippen molar-refractivity contribution in [3.8, 4) is 5.69 Å². The number of nitrogens with zero attached hydrogens (tertiary/aromatic N) is 3. The average molecular weight is 406 g/mol. The van der Waals surface area contributed by atoms with E-state index in [-0.39, 0.29) is 0 Å². The highest BCUT2D eigenvalue weighted by Crippen LogP contribution is 2.29. The molecule has 0 amide bonds. The summed E-state index contributed by atoms with van der Waals surface area (Å²) in [6.07, 6.45) is 0.731. The minimum atomic E-state index is 0.731. The molecule has 0 aliphatic rings. The molecular formula is C23H20ClN3S. The SMILES string of the molecule is Cc1cccc(-n2c(Cc3ccccc3)nnc2SCc2ccccc2Cl)c1. The summed E-state index contributed by atoms with van der Waals surface area (Å²) in [7, 11) is 0. The van der Waals surface area contributed by atoms with Crippen LogP contribution in [-0.4, -0.2) is 14.8 Å². The molecule has 0 radical (unpaired) electrons. The Bertz CT molecular complexity index is 1080. The van der Waals surface area contributed by atoms with Crippen LogP contribution in [0.1, 0.15) is 22.5 Å². The molecule has 0 aliphatic heterocycles. The maximum atomic E-state index is 6.32. The van der Waals surface area contributed by atoms with Crippen molar-refractivity contribution in [2.24, 2.45) is 0 Å². The largest absolute Gasteiger partial charge is 0.274 e. The molecule has 0 N–H and O–H groups in total. The lowest BCUT2D eigenvalue weighted by Gasteiger charge is -2.11. The van der Waals surface area contributed by atoms with Gasteiger partial charge in [-0.05, 0) is 41.8 Å². The molecule has 0 bridgehead atoms. The second-order valence-electron chi connectivity index (χ2n) is 6.62. The van der Waals surface area contributed by atoms with Crippen LogP contribution < -0.4 is 0 Å². The van der Waals surface area contributed by atoms with Gasteiger partial charge in [0.1, 0.15) is 5.82 Å². The highest BCUT2D eigenvalue weighted by molar-refractivity contribution is 7.98. The topological polar surface area (TPSA) is 30.7 Å². The first-order valence-corrected chi connectivity index (χ1v) is 10.5. The van der Waals surface area contributed by atoms with Gasteiger partial charge in [-0.25, -0.2) is 0 Å². The Balaban J connectivity index is 1.68. The van der Waals surface area contributed by atoms with Crippen LogP contribution in [0, 0.1) is 6.92 Å². The van der Waals surface area contributed by atoms with Gasteiger partial charge in [-0.1, -0.05) is 84.0 Å². The third kappa shape index (κ3) is 4.29. The van der Waals surface area contributed by atoms with Crippen LogP contribution in [0.5, 0.6) is 0 Å². The van der Waals surface area contributed by atoms with Crippen molar-refractivity contribution >= 4 is 23.4 Å². The van der Waals surface area contributed by atoms with Gasteiger partial charge < -0.3 is 0 Å². The summed E-state index contributed by atoms with van der Waals surface area (Å²) < 4.78 is 2.15. The normalized spacial score (nSPS) is 10.9. The first-order valence-electron chi connectivity index (χ1n) is 9.12. The highest BCUT2D eigenvalue weighted by atomic mass is 35.5. The van der Waals surface area contributed by atoms with E-state index < -0.39 is 0 Å². The fourth-order valence-corrected chi connectivity index (χ4v) is 4.33. The summed E-state index contributed by atoms with van der Waals surface area (Å²) >= 11 is 7.98. The molecule has 0 saturated heterocycles. The van der Waals surface area contributed by atoms with Crippen LogP contribution in [0.15, 0.2) is 84.0 Å². The predicted molar refractivity (Wildman–Crippen MR) is 116 cm³/mol. The van der Waals surface area contributed by atoms with Crippen molar-refractivity contribution in [2.75, 3.05) is 0 Å². The van der Waals surface area contributed by atoms with E-state index in [1.165, 1.54) is 11.1 Å². The Morgan fingerprint density at radius 2 is 1.68 bits per heavy atom. The molecule has 0 aliphatic carbocycles. The lowest BCUT2D eigenvalue weighted by atomic mass is 10.1. The van der Waals surface area contributed by atoms with Gasteiger partial charge in [-0.3, -0.25) is 4.57 Å². The summed E-state index contributed by atoms with van der Waals surface area (Å²) in [6.45, 7) is 2.10. The fourth-order valence-electron chi connectivity index (χ4n) is 3.07. The third-order valence-corrected chi connectivity index (χ3v) is 5.83. The fraction of sp³-hybridized carbons (Fsp3) is 0.130. The summed E-state index contributed by atoms with van der Waals surface area (Å²) in [5.74, 6) is 1.67. The van der Waals surface area contributed by atoms with Crippen LogP contribution in [-0.2, 0) is 12.2 Å². The van der Waals surface area contributed by atoms with Crippen molar-refractivity contribution < 1.29 is 0 Å². The Morgan fingerprint density at radius 3 is 2.46 bits per heavy atom. The van der Waals surface area contributed by atoms with E-state index in [0.29, 0.717) is 0 Å². The first kappa shape index (κ1) is 18.8. The van der Waals surface area contributed by atoms with Gasteiger partial charge in [-0.2, -0.15) is 0 Å². The van der Waals surface area contributed by atoms with Crippen molar-refractivity contribution in [3.05, 3.63) is 106 Å². The standard InChI is InChI=1S/C23H20ClN3S/c1-17-8-7-12-20(14-17)27-22(15-18-9-3-2-4-10-18)25-26-23(27)28-16-19-11-5-6-13-21(19)24/h2-14H,15-16H2,1H3. The minimum Gasteiger partial charge on any atom is -0.274 e. The van der Waals surface area contributed by atoms with E-state index in [1.807, 2.05) is 30.3 Å². The van der Waals surface area contributed by atoms with Gasteiger partial charge >= 0.3 is 0 Å². The molecule has 1 aromatic heterocycles. The molecule has 0 atom stereocenters. The molecule has 1 heterocycles. The van der Waals surface area contributed by atoms with Gasteiger partial charge in [0.05, 0.1) is 0 Å². The number of hydrogen-bond acceptors (Lipinski definition) is 3. The first-order chi connectivity index (χ1) is 13.7. The molecule has 0 saturated carbocycles. The van der Waals surface area contributed by atoms with Crippen molar-refractivity contribution in [2.45, 2.75) is 24.3 Å². The number of halogens is 1. The number of thioether (sulfide) groups is 1. The highest BCUT2D eigenvalue weighted by Gasteiger charge is 2.15. The van der Waals surface area contributed by atoms with E-state index in [4.69, 9.17) is 11.6 Å². The van der Waals surface area contributed by atoms with E-state index in [9.17, 15) is 0 Å². The Hall–Kier alpha value is -2.56. The van der Waals surface area contributed by atoms with Crippen molar-refractivity contribution in [1.29, 1.82) is 0 Å². The summed E-state index contributed by atoms with van der Waals surface area (Å²) in [4.78, 5) is 0. The number of aryl methyl sites for hydroxylation is 1. The van der Waals surface area contributed by atoms with Crippen LogP contribution in [0.3, 0.4) is 0 Å². The number of aromatic nitrogens is 3. The van der Waals surface area contributed by atoms with Crippen LogP contribution in [0.4, 0.5) is 0 Å². The maximum Gasteiger partial charge on any atom is 0.196 e. The molecule has 4 rings (SSSR count). The van der Waals surface area contributed by atoms with Gasteiger partial charge in [0.15, 0.2) is 5.16 Å². The second-order valence-corrected chi connectivity index (χ2v) is 7.97. The van der Waals surface area contributed by atoms with Crippen LogP contribution in [0.25, 0.3) is 5.69 Å². The van der Waals surface area contributed by atoms with Gasteiger partial charge in [0.2, 0.25) is 0 Å². The Labute approximate surface area is 174 Å². The van der Waals surface area contributed by atoms with Crippen molar-refractivity contribution in [1.82, 2.24) is 14.8 Å². The zero-order valence-electron chi connectivity index (χ0n) is 15.5. The van der Waals surface area contributed by atoms with Crippen LogP contribution in [0.2, 0.25) is 5.02 Å². The summed E-state index contributed by atoms with van der Waals surface area (Å²) in [5, 5.41) is 10.7. The minimum absolute atomic E-state index is 0.731. The lowest BCUT2D eigenvalue weighted by molar-refractivity contribution is 0.846. The Morgan fingerprint density at radius 1 is 0.893 bits per heavy atom. The zero-order valence-corrected chi connectivity index (χ0v) is 17.1.